The molecular formula is C12H16BrNO2. The van der Waals surface area contributed by atoms with Crippen LogP contribution >= 0.6 is 15.9 Å². The van der Waals surface area contributed by atoms with Crippen LogP contribution < -0.4 is 5.73 Å². The molecule has 1 aromatic rings. The van der Waals surface area contributed by atoms with Crippen molar-refractivity contribution >= 4 is 27.6 Å². The van der Waals surface area contributed by atoms with Gasteiger partial charge in [-0.15, -0.1) is 0 Å². The number of nitrogen functional groups attached to an aromatic ring is 1. The van der Waals surface area contributed by atoms with Crippen LogP contribution in [0.2, 0.25) is 0 Å². The quantitative estimate of drug-likeness (QED) is 0.636. The lowest BCUT2D eigenvalue weighted by Crippen LogP contribution is -2.24. The van der Waals surface area contributed by atoms with Crippen LogP contribution in [-0.4, -0.2) is 11.6 Å². The van der Waals surface area contributed by atoms with Crippen molar-refractivity contribution in [1.82, 2.24) is 0 Å². The van der Waals surface area contributed by atoms with Gasteiger partial charge in [-0.25, -0.2) is 4.79 Å². The molecule has 1 rings (SSSR count). The van der Waals surface area contributed by atoms with E-state index in [-0.39, 0.29) is 5.97 Å². The molecule has 0 aliphatic heterocycles. The lowest BCUT2D eigenvalue weighted by atomic mass is 10.1. The fraction of sp³-hybridized carbons (Fsp3) is 0.417. The molecule has 0 bridgehead atoms. The number of carbonyl (C=O) groups excluding carboxylic acids is 1. The first-order valence-corrected chi connectivity index (χ1v) is 5.79. The molecule has 0 unspecified atom stereocenters. The van der Waals surface area contributed by atoms with Crippen LogP contribution in [-0.2, 0) is 4.74 Å². The number of anilines is 1. The Hall–Kier alpha value is -1.03. The van der Waals surface area contributed by atoms with Crippen molar-refractivity contribution in [2.75, 3.05) is 5.73 Å². The number of benzene rings is 1. The maximum Gasteiger partial charge on any atom is 0.340 e. The Kier molecular flexibility index (Phi) is 3.63. The first kappa shape index (κ1) is 13.0. The van der Waals surface area contributed by atoms with E-state index in [1.807, 2.05) is 27.7 Å². The van der Waals surface area contributed by atoms with Gasteiger partial charge in [0.25, 0.3) is 0 Å². The number of hydrogen-bond acceptors (Lipinski definition) is 3. The maximum atomic E-state index is 11.8. The lowest BCUT2D eigenvalue weighted by molar-refractivity contribution is 0.00707. The number of nitrogens with two attached hydrogens (primary N) is 1. The Morgan fingerprint density at radius 2 is 1.94 bits per heavy atom. The van der Waals surface area contributed by atoms with Gasteiger partial charge in [-0.05, 0) is 45.4 Å². The molecule has 2 N–H and O–H groups in total. The Bertz CT molecular complexity index is 422. The molecule has 0 aliphatic rings. The first-order valence-electron chi connectivity index (χ1n) is 5.00. The average molecular weight is 286 g/mol. The third kappa shape index (κ3) is 2.98. The fourth-order valence-electron chi connectivity index (χ4n) is 1.21. The molecule has 0 spiro atoms. The van der Waals surface area contributed by atoms with Crippen LogP contribution in [0.5, 0.6) is 0 Å². The van der Waals surface area contributed by atoms with Gasteiger partial charge < -0.3 is 10.5 Å². The van der Waals surface area contributed by atoms with Gasteiger partial charge in [0, 0.05) is 4.47 Å². The second-order valence-electron chi connectivity index (χ2n) is 4.64. The minimum atomic E-state index is -0.509. The van der Waals surface area contributed by atoms with Crippen molar-refractivity contribution in [2.45, 2.75) is 33.3 Å². The molecule has 0 radical (unpaired) electrons. The van der Waals surface area contributed by atoms with E-state index in [0.717, 1.165) is 10.0 Å². The summed E-state index contributed by atoms with van der Waals surface area (Å²) < 4.78 is 6.15. The van der Waals surface area contributed by atoms with Crippen LogP contribution in [0, 0.1) is 6.92 Å². The van der Waals surface area contributed by atoms with Gasteiger partial charge in [0.15, 0.2) is 0 Å². The molecule has 88 valence electrons. The predicted molar refractivity (Wildman–Crippen MR) is 68.5 cm³/mol. The van der Waals surface area contributed by atoms with E-state index < -0.39 is 5.60 Å². The molecule has 4 heteroatoms. The summed E-state index contributed by atoms with van der Waals surface area (Å²) in [4.78, 5) is 11.8. The molecule has 0 saturated carbocycles. The number of esters is 1. The maximum absolute atomic E-state index is 11.8. The molecule has 0 aromatic heterocycles. The van der Waals surface area contributed by atoms with Crippen LogP contribution in [0.1, 0.15) is 36.7 Å². The summed E-state index contributed by atoms with van der Waals surface area (Å²) >= 11 is 3.36. The van der Waals surface area contributed by atoms with Crippen LogP contribution in [0.15, 0.2) is 16.6 Å². The Balaban J connectivity index is 3.06. The van der Waals surface area contributed by atoms with E-state index in [4.69, 9.17) is 10.5 Å². The van der Waals surface area contributed by atoms with Crippen molar-refractivity contribution in [3.63, 3.8) is 0 Å². The van der Waals surface area contributed by atoms with Crippen molar-refractivity contribution < 1.29 is 9.53 Å². The SMILES string of the molecule is Cc1c(Br)ccc(C(=O)OC(C)(C)C)c1N. The largest absolute Gasteiger partial charge is 0.456 e. The monoisotopic (exact) mass is 285 g/mol. The number of hydrogen-bond donors (Lipinski definition) is 1. The summed E-state index contributed by atoms with van der Waals surface area (Å²) in [7, 11) is 0. The molecular weight excluding hydrogens is 270 g/mol. The van der Waals surface area contributed by atoms with Crippen LogP contribution in [0.25, 0.3) is 0 Å². The number of rotatable bonds is 1. The number of carbonyl (C=O) groups is 1. The third-order valence-corrected chi connectivity index (χ3v) is 2.93. The number of ether oxygens (including phenoxy) is 1. The molecule has 0 fully saturated rings. The zero-order valence-electron chi connectivity index (χ0n) is 9.93. The standard InChI is InChI=1S/C12H16BrNO2/c1-7-9(13)6-5-8(10(7)14)11(15)16-12(2,3)4/h5-6H,14H2,1-4H3. The molecule has 3 nitrogen and oxygen atoms in total. The highest BCUT2D eigenvalue weighted by atomic mass is 79.9. The smallest absolute Gasteiger partial charge is 0.340 e. The van der Waals surface area contributed by atoms with E-state index in [2.05, 4.69) is 15.9 Å². The zero-order chi connectivity index (χ0) is 12.5. The molecule has 0 heterocycles. The predicted octanol–water partition coefficient (Wildman–Crippen LogP) is 3.30. The molecule has 0 amide bonds. The normalized spacial score (nSPS) is 11.3. The molecule has 1 aromatic carbocycles. The highest BCUT2D eigenvalue weighted by Gasteiger charge is 2.20. The minimum absolute atomic E-state index is 0.388. The summed E-state index contributed by atoms with van der Waals surface area (Å²) in [6, 6.07) is 3.46. The summed E-state index contributed by atoms with van der Waals surface area (Å²) in [5.41, 5.74) is 7.09. The Morgan fingerprint density at radius 3 is 2.44 bits per heavy atom. The van der Waals surface area contributed by atoms with E-state index in [1.165, 1.54) is 0 Å². The molecule has 0 saturated heterocycles. The minimum Gasteiger partial charge on any atom is -0.456 e. The highest BCUT2D eigenvalue weighted by molar-refractivity contribution is 9.10. The second kappa shape index (κ2) is 4.45. The first-order chi connectivity index (χ1) is 7.22. The van der Waals surface area contributed by atoms with Gasteiger partial charge in [-0.3, -0.25) is 0 Å². The summed E-state index contributed by atoms with van der Waals surface area (Å²) in [5.74, 6) is -0.388. The van der Waals surface area contributed by atoms with E-state index in [1.54, 1.807) is 12.1 Å². The second-order valence-corrected chi connectivity index (χ2v) is 5.49. The Labute approximate surface area is 104 Å². The van der Waals surface area contributed by atoms with E-state index in [0.29, 0.717) is 11.3 Å². The lowest BCUT2D eigenvalue weighted by Gasteiger charge is -2.20. The molecule has 16 heavy (non-hydrogen) atoms. The van der Waals surface area contributed by atoms with E-state index in [9.17, 15) is 4.79 Å². The van der Waals surface area contributed by atoms with Gasteiger partial charge >= 0.3 is 5.97 Å². The van der Waals surface area contributed by atoms with Gasteiger partial charge in [0.05, 0.1) is 11.3 Å². The van der Waals surface area contributed by atoms with Gasteiger partial charge in [0.1, 0.15) is 5.60 Å². The summed E-state index contributed by atoms with van der Waals surface area (Å²) in [5, 5.41) is 0. The average Bonchev–Trinajstić information content (AvgIpc) is 2.11. The molecule has 0 aliphatic carbocycles. The van der Waals surface area contributed by atoms with Crippen LogP contribution in [0.3, 0.4) is 0 Å². The van der Waals surface area contributed by atoms with Crippen molar-refractivity contribution in [3.8, 4) is 0 Å². The fourth-order valence-corrected chi connectivity index (χ4v) is 1.56. The van der Waals surface area contributed by atoms with Gasteiger partial charge in [-0.2, -0.15) is 0 Å². The third-order valence-electron chi connectivity index (χ3n) is 2.07. The van der Waals surface area contributed by atoms with Gasteiger partial charge in [0.2, 0.25) is 0 Å². The summed E-state index contributed by atoms with van der Waals surface area (Å²) in [6.07, 6.45) is 0. The van der Waals surface area contributed by atoms with Crippen molar-refractivity contribution in [3.05, 3.63) is 27.7 Å². The number of halogens is 1. The Morgan fingerprint density at radius 1 is 1.38 bits per heavy atom. The topological polar surface area (TPSA) is 52.3 Å². The van der Waals surface area contributed by atoms with Gasteiger partial charge in [-0.1, -0.05) is 15.9 Å². The summed E-state index contributed by atoms with van der Waals surface area (Å²) in [6.45, 7) is 7.33. The van der Waals surface area contributed by atoms with Crippen LogP contribution in [0.4, 0.5) is 5.69 Å². The van der Waals surface area contributed by atoms with Crippen molar-refractivity contribution in [1.29, 1.82) is 0 Å². The highest BCUT2D eigenvalue weighted by Crippen LogP contribution is 2.26. The molecule has 0 atom stereocenters. The zero-order valence-corrected chi connectivity index (χ0v) is 11.5. The van der Waals surface area contributed by atoms with E-state index >= 15 is 0 Å². The van der Waals surface area contributed by atoms with Crippen molar-refractivity contribution in [2.24, 2.45) is 0 Å².